The lowest BCUT2D eigenvalue weighted by Crippen LogP contribution is -2.16. The second-order valence-electron chi connectivity index (χ2n) is 3.19. The maximum Gasteiger partial charge on any atom is 0.213 e. The van der Waals surface area contributed by atoms with Crippen LogP contribution < -0.4 is 10.1 Å². The van der Waals surface area contributed by atoms with Crippen LogP contribution in [0, 0.1) is 0 Å². The molecule has 0 bridgehead atoms. The SMILES string of the molecule is COc1cccc(CNCCCSC)n1. The molecule has 0 aliphatic heterocycles. The lowest BCUT2D eigenvalue weighted by Gasteiger charge is -2.05. The molecule has 0 unspecified atom stereocenters. The van der Waals surface area contributed by atoms with Crippen LogP contribution >= 0.6 is 11.8 Å². The van der Waals surface area contributed by atoms with Gasteiger partial charge in [0.1, 0.15) is 0 Å². The number of ether oxygens (including phenoxy) is 1. The first-order valence-corrected chi connectivity index (χ1v) is 6.46. The molecule has 1 aromatic heterocycles. The number of hydrogen-bond donors (Lipinski definition) is 1. The molecule has 4 heteroatoms. The van der Waals surface area contributed by atoms with Gasteiger partial charge in [0.15, 0.2) is 0 Å². The van der Waals surface area contributed by atoms with Gasteiger partial charge in [0.05, 0.1) is 12.8 Å². The highest BCUT2D eigenvalue weighted by atomic mass is 32.2. The molecule has 84 valence electrons. The van der Waals surface area contributed by atoms with Gasteiger partial charge in [-0.3, -0.25) is 0 Å². The van der Waals surface area contributed by atoms with Crippen molar-refractivity contribution in [1.82, 2.24) is 10.3 Å². The predicted molar refractivity (Wildman–Crippen MR) is 65.5 cm³/mol. The average molecular weight is 226 g/mol. The normalized spacial score (nSPS) is 10.3. The van der Waals surface area contributed by atoms with Crippen LogP contribution in [0.5, 0.6) is 5.88 Å². The lowest BCUT2D eigenvalue weighted by atomic mass is 10.3. The van der Waals surface area contributed by atoms with E-state index in [1.807, 2.05) is 30.0 Å². The first kappa shape index (κ1) is 12.3. The van der Waals surface area contributed by atoms with E-state index in [9.17, 15) is 0 Å². The van der Waals surface area contributed by atoms with Crippen LogP contribution in [0.4, 0.5) is 0 Å². The molecule has 0 saturated carbocycles. The molecule has 1 rings (SSSR count). The third-order valence-electron chi connectivity index (χ3n) is 2.00. The number of pyridine rings is 1. The summed E-state index contributed by atoms with van der Waals surface area (Å²) < 4.78 is 5.06. The van der Waals surface area contributed by atoms with Gasteiger partial charge in [0, 0.05) is 12.6 Å². The predicted octanol–water partition coefficient (Wildman–Crippen LogP) is 1.93. The summed E-state index contributed by atoms with van der Waals surface area (Å²) >= 11 is 1.88. The summed E-state index contributed by atoms with van der Waals surface area (Å²) in [7, 11) is 1.64. The van der Waals surface area contributed by atoms with Gasteiger partial charge in [-0.05, 0) is 31.0 Å². The van der Waals surface area contributed by atoms with Crippen LogP contribution in [0.3, 0.4) is 0 Å². The zero-order valence-electron chi connectivity index (χ0n) is 9.32. The molecule has 0 atom stereocenters. The number of nitrogens with zero attached hydrogens (tertiary/aromatic N) is 1. The minimum absolute atomic E-state index is 0.679. The van der Waals surface area contributed by atoms with E-state index < -0.39 is 0 Å². The lowest BCUT2D eigenvalue weighted by molar-refractivity contribution is 0.395. The van der Waals surface area contributed by atoms with Crippen molar-refractivity contribution in [3.8, 4) is 5.88 Å². The van der Waals surface area contributed by atoms with Crippen LogP contribution in [0.2, 0.25) is 0 Å². The molecular formula is C11H18N2OS. The summed E-state index contributed by atoms with van der Waals surface area (Å²) in [5.41, 5.74) is 1.03. The van der Waals surface area contributed by atoms with Crippen LogP contribution in [0.15, 0.2) is 18.2 Å². The smallest absolute Gasteiger partial charge is 0.213 e. The molecule has 0 aliphatic rings. The van der Waals surface area contributed by atoms with Crippen molar-refractivity contribution >= 4 is 11.8 Å². The second kappa shape index (κ2) is 7.54. The number of aromatic nitrogens is 1. The van der Waals surface area contributed by atoms with Crippen molar-refractivity contribution in [3.63, 3.8) is 0 Å². The van der Waals surface area contributed by atoms with E-state index in [4.69, 9.17) is 4.74 Å². The van der Waals surface area contributed by atoms with Gasteiger partial charge in [-0.1, -0.05) is 6.07 Å². The number of methoxy groups -OCH3 is 1. The van der Waals surface area contributed by atoms with E-state index in [1.54, 1.807) is 7.11 Å². The fourth-order valence-corrected chi connectivity index (χ4v) is 1.66. The largest absolute Gasteiger partial charge is 0.481 e. The van der Waals surface area contributed by atoms with Gasteiger partial charge in [0.25, 0.3) is 0 Å². The molecular weight excluding hydrogens is 208 g/mol. The van der Waals surface area contributed by atoms with E-state index in [1.165, 1.54) is 12.2 Å². The van der Waals surface area contributed by atoms with Crippen LogP contribution in [-0.4, -0.2) is 30.6 Å². The van der Waals surface area contributed by atoms with Crippen molar-refractivity contribution in [1.29, 1.82) is 0 Å². The van der Waals surface area contributed by atoms with Crippen molar-refractivity contribution in [2.75, 3.05) is 25.7 Å². The van der Waals surface area contributed by atoms with Crippen molar-refractivity contribution in [3.05, 3.63) is 23.9 Å². The summed E-state index contributed by atoms with van der Waals surface area (Å²) in [6.45, 7) is 1.85. The van der Waals surface area contributed by atoms with E-state index >= 15 is 0 Å². The summed E-state index contributed by atoms with van der Waals surface area (Å²) in [6, 6.07) is 5.83. The fraction of sp³-hybridized carbons (Fsp3) is 0.545. The topological polar surface area (TPSA) is 34.1 Å². The van der Waals surface area contributed by atoms with Gasteiger partial charge in [-0.15, -0.1) is 0 Å². The van der Waals surface area contributed by atoms with Crippen LogP contribution in [0.25, 0.3) is 0 Å². The fourth-order valence-electron chi connectivity index (χ4n) is 1.23. The quantitative estimate of drug-likeness (QED) is 0.720. The highest BCUT2D eigenvalue weighted by molar-refractivity contribution is 7.98. The highest BCUT2D eigenvalue weighted by Crippen LogP contribution is 2.06. The Morgan fingerprint density at radius 2 is 2.33 bits per heavy atom. The number of rotatable bonds is 7. The number of thioether (sulfide) groups is 1. The Hall–Kier alpha value is -0.740. The van der Waals surface area contributed by atoms with E-state index in [-0.39, 0.29) is 0 Å². The molecule has 0 saturated heterocycles. The molecule has 1 heterocycles. The van der Waals surface area contributed by atoms with Gasteiger partial charge in [-0.25, -0.2) is 4.98 Å². The molecule has 15 heavy (non-hydrogen) atoms. The first-order chi connectivity index (χ1) is 7.36. The maximum atomic E-state index is 5.06. The Morgan fingerprint density at radius 3 is 3.07 bits per heavy atom. The van der Waals surface area contributed by atoms with Gasteiger partial charge in [-0.2, -0.15) is 11.8 Å². The standard InChI is InChI=1S/C11H18N2OS/c1-14-11-6-3-5-10(13-11)9-12-7-4-8-15-2/h3,5-6,12H,4,7-9H2,1-2H3. The zero-order chi connectivity index (χ0) is 10.9. The minimum Gasteiger partial charge on any atom is -0.481 e. The monoisotopic (exact) mass is 226 g/mol. The number of nitrogens with one attached hydrogen (secondary N) is 1. The van der Waals surface area contributed by atoms with Gasteiger partial charge < -0.3 is 10.1 Å². The maximum absolute atomic E-state index is 5.06. The Bertz CT molecular complexity index is 281. The third kappa shape index (κ3) is 5.04. The summed E-state index contributed by atoms with van der Waals surface area (Å²) in [6.07, 6.45) is 3.33. The van der Waals surface area contributed by atoms with Gasteiger partial charge in [0.2, 0.25) is 5.88 Å². The average Bonchev–Trinajstić information content (AvgIpc) is 2.29. The molecule has 0 aliphatic carbocycles. The Labute approximate surface area is 95.6 Å². The van der Waals surface area contributed by atoms with E-state index in [0.717, 1.165) is 18.8 Å². The minimum atomic E-state index is 0.679. The van der Waals surface area contributed by atoms with Crippen LogP contribution in [-0.2, 0) is 6.54 Å². The van der Waals surface area contributed by atoms with Crippen LogP contribution in [0.1, 0.15) is 12.1 Å². The summed E-state index contributed by atoms with van der Waals surface area (Å²) in [5.74, 6) is 1.89. The van der Waals surface area contributed by atoms with E-state index in [2.05, 4.69) is 16.6 Å². The first-order valence-electron chi connectivity index (χ1n) is 5.06. The molecule has 1 aromatic rings. The molecule has 3 nitrogen and oxygen atoms in total. The molecule has 0 aromatic carbocycles. The Morgan fingerprint density at radius 1 is 1.47 bits per heavy atom. The van der Waals surface area contributed by atoms with Gasteiger partial charge >= 0.3 is 0 Å². The Balaban J connectivity index is 2.24. The van der Waals surface area contributed by atoms with Crippen molar-refractivity contribution < 1.29 is 4.74 Å². The molecule has 0 spiro atoms. The highest BCUT2D eigenvalue weighted by Gasteiger charge is 1.96. The van der Waals surface area contributed by atoms with Crippen molar-refractivity contribution in [2.24, 2.45) is 0 Å². The van der Waals surface area contributed by atoms with E-state index in [0.29, 0.717) is 5.88 Å². The second-order valence-corrected chi connectivity index (χ2v) is 4.18. The summed E-state index contributed by atoms with van der Waals surface area (Å²) in [5, 5.41) is 3.36. The van der Waals surface area contributed by atoms with Crippen molar-refractivity contribution in [2.45, 2.75) is 13.0 Å². The summed E-state index contributed by atoms with van der Waals surface area (Å²) in [4.78, 5) is 4.32. The zero-order valence-corrected chi connectivity index (χ0v) is 10.1. The third-order valence-corrected chi connectivity index (χ3v) is 2.70. The molecule has 0 radical (unpaired) electrons. The molecule has 1 N–H and O–H groups in total. The Kier molecular flexibility index (Phi) is 6.20. The molecule has 0 amide bonds. The molecule has 0 fully saturated rings. The number of hydrogen-bond acceptors (Lipinski definition) is 4.